The monoisotopic (exact) mass is 582 g/mol. The average molecular weight is 582 g/mol. The Morgan fingerprint density at radius 3 is 2.61 bits per heavy atom. The molecule has 1 aromatic carbocycles. The molecule has 0 bridgehead atoms. The van der Waals surface area contributed by atoms with E-state index in [0.717, 1.165) is 4.90 Å². The molecule has 15 nitrogen and oxygen atoms in total. The Balaban J connectivity index is 1.24. The molecule has 0 radical (unpaired) electrons. The van der Waals surface area contributed by atoms with Crippen molar-refractivity contribution < 1.29 is 56.5 Å². The Hall–Kier alpha value is -4.87. The first kappa shape index (κ1) is 29.1. The molecule has 1 saturated heterocycles. The molecule has 2 N–H and O–H groups in total. The quantitative estimate of drug-likeness (QED) is 0.169. The summed E-state index contributed by atoms with van der Waals surface area (Å²) >= 11 is 0. The molecule has 0 spiro atoms. The van der Waals surface area contributed by atoms with Gasteiger partial charge in [-0.15, -0.1) is 5.10 Å². The Labute approximate surface area is 227 Å². The molecule has 218 valence electrons. The maximum Gasteiger partial charge on any atom is 0.495 e. The zero-order chi connectivity index (χ0) is 29.7. The molecular formula is C23H21F3N6O9. The third-order valence-electron chi connectivity index (χ3n) is 5.87. The highest BCUT2D eigenvalue weighted by molar-refractivity contribution is 6.25. The number of amides is 4. The van der Waals surface area contributed by atoms with Crippen LogP contribution in [0.1, 0.15) is 45.7 Å². The van der Waals surface area contributed by atoms with Crippen molar-refractivity contribution in [1.82, 2.24) is 25.2 Å². The number of nitrogens with zero attached hydrogens (tertiary/aromatic N) is 4. The van der Waals surface area contributed by atoms with Gasteiger partial charge in [-0.05, 0) is 18.6 Å². The van der Waals surface area contributed by atoms with Crippen molar-refractivity contribution >= 4 is 41.3 Å². The van der Waals surface area contributed by atoms with Gasteiger partial charge in [0.15, 0.2) is 0 Å². The normalized spacial score (nSPS) is 16.9. The van der Waals surface area contributed by atoms with Gasteiger partial charge in [0, 0.05) is 12.1 Å². The first-order valence-electron chi connectivity index (χ1n) is 12.0. The lowest BCUT2D eigenvalue weighted by Crippen LogP contribution is -2.54. The topological polar surface area (TPSA) is 188 Å². The van der Waals surface area contributed by atoms with Crippen molar-refractivity contribution in [1.29, 1.82) is 0 Å². The lowest BCUT2D eigenvalue weighted by Gasteiger charge is -2.27. The smallest absolute Gasteiger partial charge is 0.379 e. The van der Waals surface area contributed by atoms with Crippen molar-refractivity contribution in [3.63, 3.8) is 0 Å². The van der Waals surface area contributed by atoms with Crippen LogP contribution < -0.4 is 10.6 Å². The maximum absolute atomic E-state index is 13.1. The second-order valence-corrected chi connectivity index (χ2v) is 8.69. The van der Waals surface area contributed by atoms with Crippen LogP contribution in [0.15, 0.2) is 24.4 Å². The largest absolute Gasteiger partial charge is 0.495 e. The van der Waals surface area contributed by atoms with E-state index in [0.29, 0.717) is 11.4 Å². The standard InChI is InChI=1S/C23H21F3N6O9/c24-23(25,26)22(38)41-40-17(34)6-8-39-9-7-31-11-12(29-30-31)10-27-14-3-1-2-13-18(14)21(37)32(20(13)36)15-4-5-16(33)28-19(15)35/h1-3,11,15,27H,4-10H2,(H,28,33,35). The Kier molecular flexibility index (Phi) is 8.60. The number of anilines is 1. The lowest BCUT2D eigenvalue weighted by atomic mass is 10.0. The molecule has 1 fully saturated rings. The highest BCUT2D eigenvalue weighted by Gasteiger charge is 2.45. The highest BCUT2D eigenvalue weighted by Crippen LogP contribution is 2.32. The van der Waals surface area contributed by atoms with Gasteiger partial charge in [0.1, 0.15) is 11.7 Å². The molecule has 0 aliphatic carbocycles. The van der Waals surface area contributed by atoms with Crippen LogP contribution >= 0.6 is 0 Å². The van der Waals surface area contributed by atoms with Gasteiger partial charge in [-0.25, -0.2) is 24.0 Å². The van der Waals surface area contributed by atoms with Gasteiger partial charge in [0.25, 0.3) is 11.8 Å². The van der Waals surface area contributed by atoms with Gasteiger partial charge < -0.3 is 10.1 Å². The van der Waals surface area contributed by atoms with Crippen LogP contribution in [0.25, 0.3) is 0 Å². The van der Waals surface area contributed by atoms with E-state index in [4.69, 9.17) is 4.74 Å². The van der Waals surface area contributed by atoms with Crippen LogP contribution in [-0.2, 0) is 46.8 Å². The summed E-state index contributed by atoms with van der Waals surface area (Å²) in [6.07, 6.45) is -4.16. The van der Waals surface area contributed by atoms with E-state index in [1.165, 1.54) is 10.7 Å². The highest BCUT2D eigenvalue weighted by atomic mass is 19.4. The number of hydrogen-bond acceptors (Lipinski definition) is 12. The number of benzene rings is 1. The Morgan fingerprint density at radius 1 is 1.10 bits per heavy atom. The van der Waals surface area contributed by atoms with Crippen molar-refractivity contribution in [2.24, 2.45) is 0 Å². The number of halogens is 3. The van der Waals surface area contributed by atoms with Crippen molar-refractivity contribution in [3.05, 3.63) is 41.2 Å². The summed E-state index contributed by atoms with van der Waals surface area (Å²) in [4.78, 5) is 79.5. The zero-order valence-electron chi connectivity index (χ0n) is 20.9. The minimum Gasteiger partial charge on any atom is -0.379 e. The number of rotatable bonds is 10. The second kappa shape index (κ2) is 12.1. The van der Waals surface area contributed by atoms with Crippen LogP contribution in [0.2, 0.25) is 0 Å². The number of hydrogen-bond donors (Lipinski definition) is 2. The van der Waals surface area contributed by atoms with Crippen LogP contribution in [0, 0.1) is 0 Å². The fourth-order valence-electron chi connectivity index (χ4n) is 3.97. The van der Waals surface area contributed by atoms with Gasteiger partial charge in [0.2, 0.25) is 11.8 Å². The molecular weight excluding hydrogens is 561 g/mol. The van der Waals surface area contributed by atoms with Crippen LogP contribution in [0.4, 0.5) is 18.9 Å². The van der Waals surface area contributed by atoms with Crippen molar-refractivity contribution in [2.75, 3.05) is 18.5 Å². The molecule has 3 heterocycles. The van der Waals surface area contributed by atoms with E-state index in [2.05, 4.69) is 30.7 Å². The SMILES string of the molecule is O=C1CCC(N2C(=O)c3cccc(NCc4cn(CCOCCC(=O)OOC(=O)C(F)(F)F)nn4)c3C2=O)C(=O)N1. The fraction of sp³-hybridized carbons (Fsp3) is 0.391. The molecule has 18 heteroatoms. The number of fused-ring (bicyclic) bond motifs is 1. The van der Waals surface area contributed by atoms with Crippen LogP contribution in [-0.4, -0.2) is 80.9 Å². The number of alkyl halides is 3. The molecule has 1 aromatic heterocycles. The second-order valence-electron chi connectivity index (χ2n) is 8.69. The summed E-state index contributed by atoms with van der Waals surface area (Å²) in [5.41, 5.74) is 1.00. The van der Waals surface area contributed by atoms with E-state index >= 15 is 0 Å². The van der Waals surface area contributed by atoms with E-state index in [1.807, 2.05) is 0 Å². The summed E-state index contributed by atoms with van der Waals surface area (Å²) in [5, 5.41) is 13.1. The number of piperidine rings is 1. The lowest BCUT2D eigenvalue weighted by molar-refractivity contribution is -0.286. The summed E-state index contributed by atoms with van der Waals surface area (Å²) < 4.78 is 42.5. The van der Waals surface area contributed by atoms with Crippen LogP contribution in [0.3, 0.4) is 0 Å². The molecule has 2 aliphatic heterocycles. The average Bonchev–Trinajstić information content (AvgIpc) is 3.47. The zero-order valence-corrected chi connectivity index (χ0v) is 20.9. The molecule has 1 atom stereocenters. The molecule has 41 heavy (non-hydrogen) atoms. The predicted molar refractivity (Wildman–Crippen MR) is 124 cm³/mol. The Bertz CT molecular complexity index is 1390. The van der Waals surface area contributed by atoms with Gasteiger partial charge in [-0.3, -0.25) is 29.4 Å². The molecule has 2 aliphatic rings. The molecule has 0 saturated carbocycles. The number of carbonyl (C=O) groups is 6. The van der Waals surface area contributed by atoms with E-state index in [9.17, 15) is 41.9 Å². The van der Waals surface area contributed by atoms with Gasteiger partial charge in [-0.1, -0.05) is 11.3 Å². The third-order valence-corrected chi connectivity index (χ3v) is 5.87. The molecule has 2 aromatic rings. The summed E-state index contributed by atoms with van der Waals surface area (Å²) in [6.45, 7) is 0.122. The number of ether oxygens (including phenoxy) is 1. The summed E-state index contributed by atoms with van der Waals surface area (Å²) in [7, 11) is 0. The third kappa shape index (κ3) is 6.83. The number of carbonyl (C=O) groups excluding carboxylic acids is 6. The fourth-order valence-corrected chi connectivity index (χ4v) is 3.97. The summed E-state index contributed by atoms with van der Waals surface area (Å²) in [5.74, 6) is -6.37. The first-order valence-corrected chi connectivity index (χ1v) is 12.0. The van der Waals surface area contributed by atoms with E-state index in [-0.39, 0.29) is 50.3 Å². The van der Waals surface area contributed by atoms with Crippen LogP contribution in [0.5, 0.6) is 0 Å². The molecule has 4 rings (SSSR count). The molecule has 4 amide bonds. The van der Waals surface area contributed by atoms with Gasteiger partial charge >= 0.3 is 18.1 Å². The van der Waals surface area contributed by atoms with Gasteiger partial charge in [0.05, 0.1) is 50.0 Å². The number of imide groups is 2. The van der Waals surface area contributed by atoms with E-state index < -0.39 is 54.2 Å². The number of aromatic nitrogens is 3. The maximum atomic E-state index is 13.1. The number of nitrogens with one attached hydrogen (secondary N) is 2. The van der Waals surface area contributed by atoms with Gasteiger partial charge in [-0.2, -0.15) is 13.2 Å². The van der Waals surface area contributed by atoms with Crippen molar-refractivity contribution in [3.8, 4) is 0 Å². The predicted octanol–water partition coefficient (Wildman–Crippen LogP) is 0.262. The molecule has 1 unspecified atom stereocenters. The first-order chi connectivity index (χ1) is 19.5. The minimum absolute atomic E-state index is 0.00461. The Morgan fingerprint density at radius 2 is 1.88 bits per heavy atom. The van der Waals surface area contributed by atoms with Crippen molar-refractivity contribution in [2.45, 2.75) is 44.6 Å². The minimum atomic E-state index is -5.29. The van der Waals surface area contributed by atoms with E-state index in [1.54, 1.807) is 18.3 Å². The summed E-state index contributed by atoms with van der Waals surface area (Å²) in [6, 6.07) is 3.54.